The molecule has 0 aliphatic carbocycles. The number of hydrogen-bond acceptors (Lipinski definition) is 2. The van der Waals surface area contributed by atoms with Crippen LogP contribution >= 0.6 is 24.0 Å². The first-order valence-corrected chi connectivity index (χ1v) is 9.72. The van der Waals surface area contributed by atoms with Crippen LogP contribution in [0.5, 0.6) is 0 Å². The Bertz CT molecular complexity index is 868. The molecule has 3 N–H and O–H groups in total. The van der Waals surface area contributed by atoms with Crippen molar-refractivity contribution in [2.75, 3.05) is 19.6 Å². The summed E-state index contributed by atoms with van der Waals surface area (Å²) in [6.07, 6.45) is 6.87. The van der Waals surface area contributed by atoms with Gasteiger partial charge in [-0.1, -0.05) is 19.1 Å². The predicted octanol–water partition coefficient (Wildman–Crippen LogP) is 3.72. The van der Waals surface area contributed by atoms with Crippen molar-refractivity contribution < 1.29 is 0 Å². The van der Waals surface area contributed by atoms with Gasteiger partial charge in [0, 0.05) is 55.7 Å². The van der Waals surface area contributed by atoms with Crippen LogP contribution in [0.1, 0.15) is 25.0 Å². The molecule has 152 valence electrons. The molecule has 0 saturated carbocycles. The smallest absolute Gasteiger partial charge is 0.191 e. The minimum absolute atomic E-state index is 0. The third-order valence-electron chi connectivity index (χ3n) is 4.57. The van der Waals surface area contributed by atoms with Crippen molar-refractivity contribution in [3.05, 3.63) is 54.0 Å². The lowest BCUT2D eigenvalue weighted by molar-refractivity contribution is 0.458. The summed E-state index contributed by atoms with van der Waals surface area (Å²) in [6, 6.07) is 8.51. The summed E-state index contributed by atoms with van der Waals surface area (Å²) < 4.78 is 1.96. The lowest BCUT2D eigenvalue weighted by Crippen LogP contribution is -2.38. The van der Waals surface area contributed by atoms with Crippen LogP contribution in [-0.4, -0.2) is 40.4 Å². The lowest BCUT2D eigenvalue weighted by Gasteiger charge is -2.13. The number of guanidine groups is 1. The summed E-state index contributed by atoms with van der Waals surface area (Å²) in [7, 11) is 0. The second-order valence-corrected chi connectivity index (χ2v) is 7.09. The average Bonchev–Trinajstić information content (AvgIpc) is 3.29. The van der Waals surface area contributed by atoms with E-state index in [9.17, 15) is 0 Å². The molecule has 7 heteroatoms. The van der Waals surface area contributed by atoms with E-state index >= 15 is 0 Å². The number of nitrogens with zero attached hydrogens (tertiary/aromatic N) is 3. The van der Waals surface area contributed by atoms with Gasteiger partial charge in [0.05, 0.1) is 0 Å². The van der Waals surface area contributed by atoms with Crippen LogP contribution in [0, 0.1) is 12.8 Å². The van der Waals surface area contributed by atoms with E-state index in [1.807, 2.05) is 23.1 Å². The molecule has 0 amide bonds. The van der Waals surface area contributed by atoms with Crippen molar-refractivity contribution in [2.24, 2.45) is 10.9 Å². The number of halogens is 1. The molecule has 28 heavy (non-hydrogen) atoms. The van der Waals surface area contributed by atoms with Gasteiger partial charge in [-0.15, -0.1) is 24.0 Å². The highest BCUT2D eigenvalue weighted by Gasteiger charge is 2.06. The standard InChI is InChI=1S/C21H30N6.HI/c1-4-22-21(25-13-17(3)15-27-11-5-9-26-27)23-10-8-18-14-24-20-12-16(2)6-7-19(18)20;/h5-7,9,11-12,14,17,24H,4,8,10,13,15H2,1-3H3,(H2,22,23,25);1H. The van der Waals surface area contributed by atoms with E-state index in [2.05, 4.69) is 65.9 Å². The highest BCUT2D eigenvalue weighted by atomic mass is 127. The summed E-state index contributed by atoms with van der Waals surface area (Å²) in [5.74, 6) is 1.30. The molecule has 1 atom stereocenters. The van der Waals surface area contributed by atoms with Gasteiger partial charge in [0.25, 0.3) is 0 Å². The highest BCUT2D eigenvalue weighted by Crippen LogP contribution is 2.19. The Morgan fingerprint density at radius 3 is 2.93 bits per heavy atom. The summed E-state index contributed by atoms with van der Waals surface area (Å²) in [5, 5.41) is 12.3. The summed E-state index contributed by atoms with van der Waals surface area (Å²) >= 11 is 0. The molecule has 0 aliphatic rings. The second-order valence-electron chi connectivity index (χ2n) is 7.09. The molecular weight excluding hydrogens is 463 g/mol. The number of aromatic amines is 1. The largest absolute Gasteiger partial charge is 0.361 e. The Morgan fingerprint density at radius 2 is 2.18 bits per heavy atom. The van der Waals surface area contributed by atoms with Gasteiger partial charge in [-0.05, 0) is 49.4 Å². The van der Waals surface area contributed by atoms with Crippen LogP contribution < -0.4 is 10.6 Å². The van der Waals surface area contributed by atoms with E-state index in [0.717, 1.165) is 38.6 Å². The molecule has 0 spiro atoms. The number of benzene rings is 1. The van der Waals surface area contributed by atoms with E-state index in [1.165, 1.54) is 22.0 Å². The van der Waals surface area contributed by atoms with Crippen LogP contribution in [0.15, 0.2) is 47.8 Å². The van der Waals surface area contributed by atoms with Crippen LogP contribution in [0.4, 0.5) is 0 Å². The first-order valence-electron chi connectivity index (χ1n) is 9.72. The normalized spacial score (nSPS) is 12.6. The predicted molar refractivity (Wildman–Crippen MR) is 128 cm³/mol. The van der Waals surface area contributed by atoms with E-state index in [4.69, 9.17) is 4.99 Å². The fraction of sp³-hybridized carbons (Fsp3) is 0.429. The zero-order valence-corrected chi connectivity index (χ0v) is 19.2. The van der Waals surface area contributed by atoms with E-state index in [-0.39, 0.29) is 24.0 Å². The topological polar surface area (TPSA) is 70.0 Å². The zero-order chi connectivity index (χ0) is 19.1. The summed E-state index contributed by atoms with van der Waals surface area (Å²) in [6.45, 7) is 9.75. The van der Waals surface area contributed by atoms with Crippen LogP contribution in [0.25, 0.3) is 10.9 Å². The number of aryl methyl sites for hydroxylation is 1. The van der Waals surface area contributed by atoms with Gasteiger partial charge in [0.15, 0.2) is 5.96 Å². The SMILES string of the molecule is CCNC(=NCC(C)Cn1cccn1)NCCc1c[nH]c2cc(C)ccc12.I. The molecule has 0 aliphatic heterocycles. The van der Waals surface area contributed by atoms with Crippen molar-refractivity contribution in [3.8, 4) is 0 Å². The van der Waals surface area contributed by atoms with Crippen LogP contribution in [-0.2, 0) is 13.0 Å². The third-order valence-corrected chi connectivity index (χ3v) is 4.57. The third kappa shape index (κ3) is 6.25. The maximum absolute atomic E-state index is 4.73. The maximum Gasteiger partial charge on any atom is 0.191 e. The van der Waals surface area contributed by atoms with Gasteiger partial charge in [0.1, 0.15) is 0 Å². The number of aliphatic imine (C=N–C) groups is 1. The van der Waals surface area contributed by atoms with E-state index < -0.39 is 0 Å². The Hall–Kier alpha value is -2.03. The highest BCUT2D eigenvalue weighted by molar-refractivity contribution is 14.0. The lowest BCUT2D eigenvalue weighted by atomic mass is 10.1. The van der Waals surface area contributed by atoms with E-state index in [1.54, 1.807) is 0 Å². The molecule has 1 aromatic carbocycles. The van der Waals surface area contributed by atoms with Crippen molar-refractivity contribution in [3.63, 3.8) is 0 Å². The first-order chi connectivity index (χ1) is 13.2. The van der Waals surface area contributed by atoms with E-state index in [0.29, 0.717) is 5.92 Å². The van der Waals surface area contributed by atoms with Crippen LogP contribution in [0.2, 0.25) is 0 Å². The van der Waals surface area contributed by atoms with Crippen molar-refractivity contribution >= 4 is 40.8 Å². The molecule has 3 aromatic rings. The van der Waals surface area contributed by atoms with Crippen molar-refractivity contribution in [1.29, 1.82) is 0 Å². The first kappa shape index (κ1) is 22.3. The van der Waals surface area contributed by atoms with Crippen LogP contribution in [0.3, 0.4) is 0 Å². The quantitative estimate of drug-likeness (QED) is 0.254. The number of fused-ring (bicyclic) bond motifs is 1. The Balaban J connectivity index is 0.00000280. The molecule has 3 rings (SSSR count). The molecule has 0 fully saturated rings. The number of H-pyrrole nitrogens is 1. The minimum Gasteiger partial charge on any atom is -0.361 e. The van der Waals surface area contributed by atoms with Gasteiger partial charge in [-0.25, -0.2) is 0 Å². The minimum atomic E-state index is 0. The molecular formula is C21H31IN6. The molecule has 0 radical (unpaired) electrons. The Kier molecular flexibility index (Phi) is 8.82. The molecule has 0 bridgehead atoms. The van der Waals surface area contributed by atoms with Gasteiger partial charge in [0.2, 0.25) is 0 Å². The van der Waals surface area contributed by atoms with Gasteiger partial charge >= 0.3 is 0 Å². The van der Waals surface area contributed by atoms with Gasteiger partial charge in [-0.2, -0.15) is 5.10 Å². The second kappa shape index (κ2) is 11.1. The zero-order valence-electron chi connectivity index (χ0n) is 16.9. The summed E-state index contributed by atoms with van der Waals surface area (Å²) in [5.41, 5.74) is 3.82. The van der Waals surface area contributed by atoms with Gasteiger partial charge < -0.3 is 15.6 Å². The molecule has 6 nitrogen and oxygen atoms in total. The van der Waals surface area contributed by atoms with Crippen molar-refractivity contribution in [2.45, 2.75) is 33.7 Å². The molecule has 2 aromatic heterocycles. The fourth-order valence-corrected chi connectivity index (χ4v) is 3.20. The number of rotatable bonds is 8. The average molecular weight is 494 g/mol. The Labute approximate surface area is 184 Å². The number of nitrogens with one attached hydrogen (secondary N) is 3. The molecule has 1 unspecified atom stereocenters. The summed E-state index contributed by atoms with van der Waals surface area (Å²) in [4.78, 5) is 8.10. The molecule has 0 saturated heterocycles. The molecule has 2 heterocycles. The number of aromatic nitrogens is 3. The maximum atomic E-state index is 4.73. The van der Waals surface area contributed by atoms with Crippen molar-refractivity contribution in [1.82, 2.24) is 25.4 Å². The Morgan fingerprint density at radius 1 is 1.32 bits per heavy atom. The number of hydrogen-bond donors (Lipinski definition) is 3. The fourth-order valence-electron chi connectivity index (χ4n) is 3.20. The van der Waals surface area contributed by atoms with Gasteiger partial charge in [-0.3, -0.25) is 9.67 Å². The monoisotopic (exact) mass is 494 g/mol.